The first kappa shape index (κ1) is 39.8. The first-order valence-corrected chi connectivity index (χ1v) is 22.1. The second-order valence-corrected chi connectivity index (χ2v) is 17.0. The second-order valence-electron chi connectivity index (χ2n) is 17.0. The van der Waals surface area contributed by atoms with E-state index in [1.165, 1.54) is 27.4 Å². The zero-order chi connectivity index (χ0) is 43.9. The molecule has 2 atom stereocenters. The van der Waals surface area contributed by atoms with Crippen molar-refractivity contribution < 1.29 is 0 Å². The van der Waals surface area contributed by atoms with Gasteiger partial charge in [0, 0.05) is 153 Å². The fourth-order valence-corrected chi connectivity index (χ4v) is 9.47. The van der Waals surface area contributed by atoms with Crippen LogP contribution >= 0.6 is 0 Å². The number of aryl methyl sites for hydroxylation is 3. The number of aromatic nitrogens is 10. The lowest BCUT2D eigenvalue weighted by molar-refractivity contribution is 0.804. The maximum atomic E-state index is 4.67. The van der Waals surface area contributed by atoms with Gasteiger partial charge in [0.2, 0.25) is 5.95 Å². The third-order valence-electron chi connectivity index (χ3n) is 12.7. The number of fused-ring (bicyclic) bond motifs is 4. The molecule has 8 heterocycles. The van der Waals surface area contributed by atoms with Crippen LogP contribution in [-0.2, 0) is 14.1 Å². The van der Waals surface area contributed by atoms with Crippen molar-refractivity contribution in [3.63, 3.8) is 0 Å². The molecule has 12 rings (SSSR count). The summed E-state index contributed by atoms with van der Waals surface area (Å²) in [4.78, 5) is 40.5. The summed E-state index contributed by atoms with van der Waals surface area (Å²) in [5, 5.41) is 9.95. The van der Waals surface area contributed by atoms with Crippen molar-refractivity contribution in [3.8, 4) is 22.3 Å². The maximum absolute atomic E-state index is 4.67. The molecule has 0 amide bonds. The minimum absolute atomic E-state index is 0.314. The minimum Gasteiger partial charge on any atom is -0.380 e. The molecule has 2 fully saturated rings. The number of anilines is 4. The van der Waals surface area contributed by atoms with Gasteiger partial charge >= 0.3 is 0 Å². The van der Waals surface area contributed by atoms with Crippen LogP contribution in [0.4, 0.5) is 23.1 Å². The van der Waals surface area contributed by atoms with Crippen molar-refractivity contribution in [1.29, 1.82) is 0 Å². The number of nitrogens with zero attached hydrogens (tertiary/aromatic N) is 12. The number of hydrogen-bond donors (Lipinski definition) is 2. The molecule has 322 valence electrons. The van der Waals surface area contributed by atoms with E-state index in [2.05, 4.69) is 170 Å². The molecule has 2 aliphatic rings. The zero-order valence-electron chi connectivity index (χ0n) is 36.5. The average Bonchev–Trinajstić information content (AvgIpc) is 4.16. The molecule has 0 radical (unpaired) electrons. The fraction of sp³-hybridized carbons (Fsp3) is 0.216. The molecule has 65 heavy (non-hydrogen) atoms. The number of rotatable bonds is 8. The van der Waals surface area contributed by atoms with Crippen LogP contribution in [0.25, 0.3) is 66.1 Å². The summed E-state index contributed by atoms with van der Waals surface area (Å²) >= 11 is 0. The van der Waals surface area contributed by atoms with Crippen LogP contribution in [0.1, 0.15) is 18.4 Å². The Morgan fingerprint density at radius 2 is 1.20 bits per heavy atom. The lowest BCUT2D eigenvalue weighted by Crippen LogP contribution is -2.27. The van der Waals surface area contributed by atoms with Gasteiger partial charge in [-0.15, -0.1) is 0 Å². The number of nitrogens with one attached hydrogen (secondary N) is 2. The molecule has 2 N–H and O–H groups in total. The summed E-state index contributed by atoms with van der Waals surface area (Å²) in [6.07, 6.45) is 22.2. The van der Waals surface area contributed by atoms with E-state index < -0.39 is 0 Å². The largest absolute Gasteiger partial charge is 0.380 e. The van der Waals surface area contributed by atoms with E-state index in [0.717, 1.165) is 106 Å². The Balaban J connectivity index is 0.000000144. The lowest BCUT2D eigenvalue weighted by atomic mass is 10.00. The Hall–Kier alpha value is -8.00. The van der Waals surface area contributed by atoms with Crippen molar-refractivity contribution in [2.24, 2.45) is 14.1 Å². The van der Waals surface area contributed by atoms with Gasteiger partial charge in [0.15, 0.2) is 0 Å². The van der Waals surface area contributed by atoms with Crippen LogP contribution < -0.4 is 20.4 Å². The molecule has 0 unspecified atom stereocenters. The topological polar surface area (TPSA) is 144 Å². The molecular weight excluding hydrogens is 809 g/mol. The first-order chi connectivity index (χ1) is 31.9. The number of benzene rings is 4. The van der Waals surface area contributed by atoms with Gasteiger partial charge in [0.1, 0.15) is 5.82 Å². The van der Waals surface area contributed by atoms with Crippen molar-refractivity contribution in [2.45, 2.75) is 31.8 Å². The smallest absolute Gasteiger partial charge is 0.225 e. The molecule has 4 aromatic carbocycles. The van der Waals surface area contributed by atoms with Crippen LogP contribution in [0.15, 0.2) is 141 Å². The molecule has 2 aliphatic heterocycles. The summed E-state index contributed by atoms with van der Waals surface area (Å²) in [6.45, 7) is 5.81. The minimum atomic E-state index is 0.314. The third kappa shape index (κ3) is 7.99. The van der Waals surface area contributed by atoms with E-state index in [9.17, 15) is 0 Å². The standard InChI is InChI=1S/C26H25N7.C25H23N7/c1-17-15-32(2)24-5-4-18(12-21(17)24)22-13-20(14-23-25(22)28-10-9-27-23)31-19-6-11-33(16-19)26-29-7-3-8-30-26;1-31-10-4-17-2-3-18(12-23(17)31)21-13-20(14-22-25(21)29-9-8-27-22)30-19-5-11-32(16-19)24-15-26-6-7-28-24/h3-5,7-10,12-15,19,31H,6,11,16H2,1-2H3;2-4,6-10,12-15,19,30H,5,11,16H2,1H3/t2*19-/m00/s1. The number of hydrogen-bond acceptors (Lipinski definition) is 12. The van der Waals surface area contributed by atoms with Crippen LogP contribution in [0, 0.1) is 6.92 Å². The predicted octanol–water partition coefficient (Wildman–Crippen LogP) is 8.85. The summed E-state index contributed by atoms with van der Waals surface area (Å²) < 4.78 is 4.32. The van der Waals surface area contributed by atoms with Gasteiger partial charge in [0.25, 0.3) is 0 Å². The molecule has 0 saturated carbocycles. The van der Waals surface area contributed by atoms with Crippen LogP contribution in [0.5, 0.6) is 0 Å². The third-order valence-corrected chi connectivity index (χ3v) is 12.7. The van der Waals surface area contributed by atoms with Crippen molar-refractivity contribution in [2.75, 3.05) is 46.6 Å². The summed E-state index contributed by atoms with van der Waals surface area (Å²) in [5.41, 5.74) is 13.9. The summed E-state index contributed by atoms with van der Waals surface area (Å²) in [5.74, 6) is 1.72. The van der Waals surface area contributed by atoms with Crippen molar-refractivity contribution in [3.05, 3.63) is 147 Å². The van der Waals surface area contributed by atoms with Crippen LogP contribution in [-0.4, -0.2) is 87.3 Å². The SMILES string of the molecule is Cc1cn(C)c2ccc(-c3cc(N[C@H]4CCN(c5ncccn5)C4)cc4nccnc34)cc12.Cn1ccc2ccc(-c3cc(N[C@H]4CCN(c5cnccn5)C4)cc4nccnc34)cc21. The highest BCUT2D eigenvalue weighted by Gasteiger charge is 2.26. The molecule has 0 bridgehead atoms. The van der Waals surface area contributed by atoms with Gasteiger partial charge in [-0.05, 0) is 96.4 Å². The Labute approximate surface area is 376 Å². The first-order valence-electron chi connectivity index (χ1n) is 22.1. The molecule has 0 aliphatic carbocycles. The maximum Gasteiger partial charge on any atom is 0.225 e. The molecule has 6 aromatic heterocycles. The van der Waals surface area contributed by atoms with Crippen LogP contribution in [0.3, 0.4) is 0 Å². The highest BCUT2D eigenvalue weighted by Crippen LogP contribution is 2.35. The Morgan fingerprint density at radius 1 is 0.569 bits per heavy atom. The molecule has 2 saturated heterocycles. The van der Waals surface area contributed by atoms with E-state index in [1.807, 2.05) is 12.3 Å². The molecule has 14 heteroatoms. The zero-order valence-corrected chi connectivity index (χ0v) is 36.5. The van der Waals surface area contributed by atoms with E-state index in [-0.39, 0.29) is 0 Å². The average molecular weight is 857 g/mol. The van der Waals surface area contributed by atoms with Crippen molar-refractivity contribution in [1.82, 2.24) is 49.0 Å². The molecule has 0 spiro atoms. The summed E-state index contributed by atoms with van der Waals surface area (Å²) in [7, 11) is 4.16. The van der Waals surface area contributed by atoms with E-state index in [4.69, 9.17) is 0 Å². The fourth-order valence-electron chi connectivity index (χ4n) is 9.47. The Morgan fingerprint density at radius 3 is 1.89 bits per heavy atom. The highest BCUT2D eigenvalue weighted by molar-refractivity contribution is 5.99. The van der Waals surface area contributed by atoms with Gasteiger partial charge in [-0.1, -0.05) is 18.2 Å². The van der Waals surface area contributed by atoms with Gasteiger partial charge in [0.05, 0.1) is 28.3 Å². The molecule has 10 aromatic rings. The predicted molar refractivity (Wildman–Crippen MR) is 260 cm³/mol. The van der Waals surface area contributed by atoms with Gasteiger partial charge in [-0.3, -0.25) is 24.9 Å². The second kappa shape index (κ2) is 16.9. The lowest BCUT2D eigenvalue weighted by Gasteiger charge is -2.19. The van der Waals surface area contributed by atoms with Gasteiger partial charge in [-0.25, -0.2) is 15.0 Å². The molecule has 14 nitrogen and oxygen atoms in total. The molecular formula is C51H48N14. The van der Waals surface area contributed by atoms with Crippen molar-refractivity contribution >= 4 is 67.0 Å². The van der Waals surface area contributed by atoms with E-state index >= 15 is 0 Å². The highest BCUT2D eigenvalue weighted by atomic mass is 15.3. The summed E-state index contributed by atoms with van der Waals surface area (Å²) in [6, 6.07) is 26.4. The normalized spacial score (nSPS) is 16.1. The Kier molecular flexibility index (Phi) is 10.4. The van der Waals surface area contributed by atoms with E-state index in [0.29, 0.717) is 12.1 Å². The van der Waals surface area contributed by atoms with Gasteiger partial charge in [-0.2, -0.15) is 0 Å². The van der Waals surface area contributed by atoms with Gasteiger partial charge < -0.3 is 29.6 Å². The Bertz CT molecular complexity index is 3310. The monoisotopic (exact) mass is 856 g/mol. The van der Waals surface area contributed by atoms with E-state index in [1.54, 1.807) is 49.6 Å². The van der Waals surface area contributed by atoms with Crippen LogP contribution in [0.2, 0.25) is 0 Å². The quantitative estimate of drug-likeness (QED) is 0.151.